The third-order valence-electron chi connectivity index (χ3n) is 3.91. The van der Waals surface area contributed by atoms with Gasteiger partial charge in [-0.15, -0.1) is 0 Å². The van der Waals surface area contributed by atoms with Crippen molar-refractivity contribution in [3.05, 3.63) is 21.6 Å². The molecular formula is C12H18N2O. The predicted octanol–water partition coefficient (Wildman–Crippen LogP) is 2.03. The van der Waals surface area contributed by atoms with Crippen LogP contribution in [0, 0.1) is 5.92 Å². The van der Waals surface area contributed by atoms with E-state index in [2.05, 4.69) is 12.0 Å². The van der Waals surface area contributed by atoms with E-state index in [1.807, 2.05) is 4.68 Å². The van der Waals surface area contributed by atoms with Gasteiger partial charge in [-0.3, -0.25) is 9.89 Å². The lowest BCUT2D eigenvalue weighted by atomic mass is 9.98. The first-order valence-electron chi connectivity index (χ1n) is 6.09. The van der Waals surface area contributed by atoms with Crippen molar-refractivity contribution in [1.82, 2.24) is 9.78 Å². The molecule has 0 saturated heterocycles. The average molecular weight is 206 g/mol. The Morgan fingerprint density at radius 3 is 2.73 bits per heavy atom. The minimum absolute atomic E-state index is 0.254. The molecule has 15 heavy (non-hydrogen) atoms. The van der Waals surface area contributed by atoms with Gasteiger partial charge in [0.15, 0.2) is 0 Å². The van der Waals surface area contributed by atoms with Gasteiger partial charge in [0.05, 0.1) is 6.04 Å². The number of rotatable bonds is 2. The molecular weight excluding hydrogens is 188 g/mol. The molecule has 0 aliphatic heterocycles. The summed E-state index contributed by atoms with van der Waals surface area (Å²) in [7, 11) is 0. The molecule has 0 aromatic carbocycles. The van der Waals surface area contributed by atoms with Gasteiger partial charge in [-0.2, -0.15) is 0 Å². The van der Waals surface area contributed by atoms with Crippen LogP contribution in [0.3, 0.4) is 0 Å². The number of fused-ring (bicyclic) bond motifs is 1. The first-order valence-corrected chi connectivity index (χ1v) is 6.09. The number of nitrogens with one attached hydrogen (secondary N) is 1. The Morgan fingerprint density at radius 1 is 1.33 bits per heavy atom. The average Bonchev–Trinajstić information content (AvgIpc) is 3.04. The maximum absolute atomic E-state index is 12.1. The van der Waals surface area contributed by atoms with Gasteiger partial charge in [0.1, 0.15) is 0 Å². The van der Waals surface area contributed by atoms with Gasteiger partial charge in [0.2, 0.25) is 0 Å². The monoisotopic (exact) mass is 206 g/mol. The van der Waals surface area contributed by atoms with E-state index in [4.69, 9.17) is 0 Å². The first-order chi connectivity index (χ1) is 7.27. The first kappa shape index (κ1) is 9.25. The summed E-state index contributed by atoms with van der Waals surface area (Å²) in [5.41, 5.74) is 2.52. The van der Waals surface area contributed by atoms with Crippen molar-refractivity contribution in [3.63, 3.8) is 0 Å². The van der Waals surface area contributed by atoms with Crippen LogP contribution in [0.15, 0.2) is 4.79 Å². The fourth-order valence-electron chi connectivity index (χ4n) is 2.68. The molecule has 3 rings (SSSR count). The molecule has 1 atom stereocenters. The summed E-state index contributed by atoms with van der Waals surface area (Å²) >= 11 is 0. The molecule has 1 fully saturated rings. The largest absolute Gasteiger partial charge is 0.299 e. The van der Waals surface area contributed by atoms with Crippen LogP contribution in [0.25, 0.3) is 0 Å². The number of aryl methyl sites for hydroxylation is 1. The molecule has 82 valence electrons. The maximum atomic E-state index is 12.1. The Morgan fingerprint density at radius 2 is 2.07 bits per heavy atom. The maximum Gasteiger partial charge on any atom is 0.270 e. The Bertz CT molecular complexity index is 425. The van der Waals surface area contributed by atoms with Crippen LogP contribution in [0.4, 0.5) is 0 Å². The minimum Gasteiger partial charge on any atom is -0.299 e. The Hall–Kier alpha value is -0.990. The highest BCUT2D eigenvalue weighted by Crippen LogP contribution is 2.38. The van der Waals surface area contributed by atoms with Crippen LogP contribution in [0.1, 0.15) is 49.9 Å². The van der Waals surface area contributed by atoms with E-state index in [1.54, 1.807) is 0 Å². The molecule has 2 aliphatic rings. The third kappa shape index (κ3) is 1.45. The lowest BCUT2D eigenvalue weighted by Gasteiger charge is -2.10. The molecule has 3 heteroatoms. The fourth-order valence-corrected chi connectivity index (χ4v) is 2.68. The third-order valence-corrected chi connectivity index (χ3v) is 3.91. The van der Waals surface area contributed by atoms with E-state index in [1.165, 1.54) is 31.4 Å². The number of H-pyrrole nitrogens is 1. The molecule has 1 saturated carbocycles. The molecule has 0 bridgehead atoms. The lowest BCUT2D eigenvalue weighted by Crippen LogP contribution is -2.23. The Kier molecular flexibility index (Phi) is 2.01. The van der Waals surface area contributed by atoms with Crippen LogP contribution in [0.2, 0.25) is 0 Å². The van der Waals surface area contributed by atoms with Crippen LogP contribution in [-0.4, -0.2) is 9.78 Å². The van der Waals surface area contributed by atoms with Gasteiger partial charge in [0.25, 0.3) is 5.56 Å². The highest BCUT2D eigenvalue weighted by atomic mass is 16.1. The molecule has 1 aromatic heterocycles. The van der Waals surface area contributed by atoms with Gasteiger partial charge in [-0.25, -0.2) is 4.68 Å². The number of hydrogen-bond donors (Lipinski definition) is 1. The second kappa shape index (κ2) is 3.26. The van der Waals surface area contributed by atoms with Crippen LogP contribution < -0.4 is 5.56 Å². The second-order valence-electron chi connectivity index (χ2n) is 5.03. The summed E-state index contributed by atoms with van der Waals surface area (Å²) in [6, 6.07) is 0.378. The molecule has 1 N–H and O–H groups in total. The topological polar surface area (TPSA) is 37.8 Å². The zero-order valence-corrected chi connectivity index (χ0v) is 9.25. The number of hydrogen-bond acceptors (Lipinski definition) is 1. The van der Waals surface area contributed by atoms with E-state index in [0.717, 1.165) is 24.3 Å². The molecule has 0 radical (unpaired) electrons. The van der Waals surface area contributed by atoms with E-state index in [-0.39, 0.29) is 5.56 Å². The summed E-state index contributed by atoms with van der Waals surface area (Å²) in [5, 5.41) is 3.33. The normalized spacial score (nSPS) is 22.5. The summed E-state index contributed by atoms with van der Waals surface area (Å²) in [6.07, 6.45) is 7.03. The predicted molar refractivity (Wildman–Crippen MR) is 59.1 cm³/mol. The van der Waals surface area contributed by atoms with Crippen molar-refractivity contribution in [2.75, 3.05) is 0 Å². The smallest absolute Gasteiger partial charge is 0.270 e. The van der Waals surface area contributed by atoms with E-state index in [9.17, 15) is 4.79 Å². The van der Waals surface area contributed by atoms with Crippen molar-refractivity contribution in [1.29, 1.82) is 0 Å². The van der Waals surface area contributed by atoms with Gasteiger partial charge in [0, 0.05) is 11.3 Å². The molecule has 2 aliphatic carbocycles. The number of nitrogens with zero attached hydrogens (tertiary/aromatic N) is 1. The van der Waals surface area contributed by atoms with Crippen LogP contribution in [0.5, 0.6) is 0 Å². The second-order valence-corrected chi connectivity index (χ2v) is 5.03. The van der Waals surface area contributed by atoms with Crippen molar-refractivity contribution >= 4 is 0 Å². The molecule has 3 nitrogen and oxygen atoms in total. The van der Waals surface area contributed by atoms with Crippen molar-refractivity contribution in [3.8, 4) is 0 Å². The van der Waals surface area contributed by atoms with Gasteiger partial charge in [-0.05, 0) is 51.4 Å². The zero-order chi connectivity index (χ0) is 10.4. The Labute approximate surface area is 89.5 Å². The molecule has 1 aromatic rings. The molecule has 0 amide bonds. The van der Waals surface area contributed by atoms with Crippen LogP contribution >= 0.6 is 0 Å². The van der Waals surface area contributed by atoms with Gasteiger partial charge in [-0.1, -0.05) is 0 Å². The van der Waals surface area contributed by atoms with E-state index >= 15 is 0 Å². The van der Waals surface area contributed by atoms with Gasteiger partial charge >= 0.3 is 0 Å². The number of aromatic amines is 1. The van der Waals surface area contributed by atoms with Crippen molar-refractivity contribution < 1.29 is 0 Å². The van der Waals surface area contributed by atoms with Crippen molar-refractivity contribution in [2.24, 2.45) is 5.92 Å². The van der Waals surface area contributed by atoms with Crippen molar-refractivity contribution in [2.45, 2.75) is 51.5 Å². The van der Waals surface area contributed by atoms with Crippen LogP contribution in [-0.2, 0) is 12.8 Å². The SMILES string of the molecule is CC(C1CC1)n1[nH]c2c(c1=O)CCCC2. The summed E-state index contributed by atoms with van der Waals surface area (Å²) in [5.74, 6) is 0.739. The zero-order valence-electron chi connectivity index (χ0n) is 9.25. The fraction of sp³-hybridized carbons (Fsp3) is 0.750. The molecule has 1 unspecified atom stereocenters. The van der Waals surface area contributed by atoms with Gasteiger partial charge < -0.3 is 0 Å². The quantitative estimate of drug-likeness (QED) is 0.790. The lowest BCUT2D eigenvalue weighted by molar-refractivity contribution is 0.426. The molecule has 0 spiro atoms. The highest BCUT2D eigenvalue weighted by Gasteiger charge is 2.31. The minimum atomic E-state index is 0.254. The standard InChI is InChI=1S/C12H18N2O/c1-8(9-6-7-9)14-12(15)10-4-2-3-5-11(10)13-14/h8-9,13H,2-7H2,1H3. The summed E-state index contributed by atoms with van der Waals surface area (Å²) < 4.78 is 1.88. The number of aromatic nitrogens is 2. The van der Waals surface area contributed by atoms with E-state index in [0.29, 0.717) is 6.04 Å². The Balaban J connectivity index is 2.01. The van der Waals surface area contributed by atoms with E-state index < -0.39 is 0 Å². The summed E-state index contributed by atoms with van der Waals surface area (Å²) in [4.78, 5) is 12.1. The summed E-state index contributed by atoms with van der Waals surface area (Å²) in [6.45, 7) is 2.17. The molecule has 1 heterocycles. The highest BCUT2D eigenvalue weighted by molar-refractivity contribution is 5.20.